The molecule has 7 heteroatoms. The standard InChI is InChI=1S/C60H66O6S/c1-3-59(39-65-40-59)37-63-29-13-5-11-27-61-35-43-19-22-45(23-20-43)57-49-15-7-9-17-51(49)58(52-18-10-8-16-50(52)57)47-25-26-55-53(32-47)54-33-48-31-44(21-24-46(48)34-56(54)67-55)36-62-28-12-6-14-30-64-38-60(4-2)41-66-42-60/h7-10,15-26,31-34H,3-6,11-14,27-30,35-42H2,1-2H3. The number of rotatable bonds is 24. The Hall–Kier alpha value is -4.70. The van der Waals surface area contributed by atoms with Gasteiger partial charge in [-0.05, 0) is 147 Å². The molecule has 1 aromatic heterocycles. The summed E-state index contributed by atoms with van der Waals surface area (Å²) in [5, 5.41) is 10.2. The third-order valence-electron chi connectivity index (χ3n) is 14.6. The average Bonchev–Trinajstić information content (AvgIpc) is 3.69. The van der Waals surface area contributed by atoms with Gasteiger partial charge >= 0.3 is 0 Å². The molecule has 0 amide bonds. The largest absolute Gasteiger partial charge is 0.381 e. The molecule has 67 heavy (non-hydrogen) atoms. The molecule has 7 aromatic carbocycles. The lowest BCUT2D eigenvalue weighted by molar-refractivity contribution is -0.150. The SMILES string of the molecule is CCC1(COCCCCCOCc2ccc(-c3c4ccccc4c(-c4ccc5sc6cc7ccc(COCCCCCOCC8(CC)COC8)cc7cc6c5c4)c4ccccc34)cc2)COC1. The van der Waals surface area contributed by atoms with Crippen molar-refractivity contribution in [2.24, 2.45) is 10.8 Å². The molecular formula is C60H66O6S. The predicted molar refractivity (Wildman–Crippen MR) is 278 cm³/mol. The Kier molecular flexibility index (Phi) is 14.6. The lowest BCUT2D eigenvalue weighted by Crippen LogP contribution is -2.45. The molecule has 2 fully saturated rings. The van der Waals surface area contributed by atoms with E-state index in [0.29, 0.717) is 13.2 Å². The zero-order chi connectivity index (χ0) is 45.5. The van der Waals surface area contributed by atoms with E-state index in [2.05, 4.69) is 135 Å². The van der Waals surface area contributed by atoms with Crippen LogP contribution in [0.15, 0.2) is 121 Å². The Bertz CT molecular complexity index is 2860. The maximum atomic E-state index is 6.17. The maximum absolute atomic E-state index is 6.17. The van der Waals surface area contributed by atoms with Crippen LogP contribution in [0.2, 0.25) is 0 Å². The number of thiophene rings is 1. The molecule has 2 saturated heterocycles. The monoisotopic (exact) mass is 914 g/mol. The fourth-order valence-electron chi connectivity index (χ4n) is 10.0. The highest BCUT2D eigenvalue weighted by atomic mass is 32.1. The third-order valence-corrected chi connectivity index (χ3v) is 15.7. The zero-order valence-electron chi connectivity index (χ0n) is 39.5. The Morgan fingerprint density at radius 2 is 0.925 bits per heavy atom. The molecule has 10 rings (SSSR count). The summed E-state index contributed by atoms with van der Waals surface area (Å²) in [6.07, 6.45) is 8.73. The Balaban J connectivity index is 0.810. The number of hydrogen-bond acceptors (Lipinski definition) is 7. The normalized spacial score (nSPS) is 15.5. The van der Waals surface area contributed by atoms with Crippen LogP contribution in [0.1, 0.15) is 76.3 Å². The van der Waals surface area contributed by atoms with Crippen LogP contribution in [0.3, 0.4) is 0 Å². The van der Waals surface area contributed by atoms with Crippen LogP contribution >= 0.6 is 11.3 Å². The van der Waals surface area contributed by atoms with E-state index in [1.54, 1.807) is 0 Å². The van der Waals surface area contributed by atoms with Gasteiger partial charge in [0.05, 0.1) is 52.9 Å². The van der Waals surface area contributed by atoms with Gasteiger partial charge in [-0.15, -0.1) is 11.3 Å². The van der Waals surface area contributed by atoms with Crippen molar-refractivity contribution in [3.63, 3.8) is 0 Å². The first-order valence-electron chi connectivity index (χ1n) is 24.9. The van der Waals surface area contributed by atoms with Crippen molar-refractivity contribution in [3.05, 3.63) is 132 Å². The number of unbranched alkanes of at least 4 members (excludes halogenated alkanes) is 4. The van der Waals surface area contributed by atoms with Gasteiger partial charge in [0.25, 0.3) is 0 Å². The molecule has 2 aliphatic heterocycles. The van der Waals surface area contributed by atoms with Crippen LogP contribution in [0.5, 0.6) is 0 Å². The van der Waals surface area contributed by atoms with Crippen LogP contribution in [0.25, 0.3) is 74.7 Å². The fraction of sp³-hybridized carbons (Fsp3) is 0.400. The van der Waals surface area contributed by atoms with Crippen molar-refractivity contribution < 1.29 is 28.4 Å². The van der Waals surface area contributed by atoms with Crippen LogP contribution < -0.4 is 0 Å². The molecule has 0 spiro atoms. The highest BCUT2D eigenvalue weighted by molar-refractivity contribution is 7.25. The van der Waals surface area contributed by atoms with Gasteiger partial charge in [-0.3, -0.25) is 0 Å². The molecule has 348 valence electrons. The average molecular weight is 915 g/mol. The Morgan fingerprint density at radius 1 is 0.433 bits per heavy atom. The second kappa shape index (κ2) is 21.3. The van der Waals surface area contributed by atoms with Crippen LogP contribution in [-0.4, -0.2) is 66.1 Å². The smallest absolute Gasteiger partial charge is 0.0717 e. The number of benzene rings is 7. The van der Waals surface area contributed by atoms with E-state index in [1.807, 2.05) is 11.3 Å². The van der Waals surface area contributed by atoms with Crippen LogP contribution in [0, 0.1) is 10.8 Å². The molecule has 3 heterocycles. The molecule has 0 bridgehead atoms. The van der Waals surface area contributed by atoms with Crippen molar-refractivity contribution in [1.29, 1.82) is 0 Å². The molecular weight excluding hydrogens is 849 g/mol. The number of fused-ring (bicyclic) bond motifs is 6. The molecule has 0 atom stereocenters. The van der Waals surface area contributed by atoms with Gasteiger partial charge in [-0.25, -0.2) is 0 Å². The highest BCUT2D eigenvalue weighted by Gasteiger charge is 2.37. The summed E-state index contributed by atoms with van der Waals surface area (Å²) in [5.74, 6) is 0. The Morgan fingerprint density at radius 3 is 1.46 bits per heavy atom. The summed E-state index contributed by atoms with van der Waals surface area (Å²) >= 11 is 1.88. The highest BCUT2D eigenvalue weighted by Crippen LogP contribution is 2.46. The van der Waals surface area contributed by atoms with Crippen molar-refractivity contribution in [2.45, 2.75) is 78.4 Å². The summed E-state index contributed by atoms with van der Waals surface area (Å²) in [7, 11) is 0. The molecule has 2 aliphatic rings. The van der Waals surface area contributed by atoms with Gasteiger partial charge in [0, 0.05) is 57.4 Å². The molecule has 0 saturated carbocycles. The molecule has 0 aliphatic carbocycles. The summed E-state index contributed by atoms with van der Waals surface area (Å²) in [6.45, 7) is 13.9. The van der Waals surface area contributed by atoms with Gasteiger partial charge in [-0.1, -0.05) is 105 Å². The fourth-order valence-corrected chi connectivity index (χ4v) is 11.1. The minimum atomic E-state index is 0.264. The van der Waals surface area contributed by atoms with Gasteiger partial charge in [0.15, 0.2) is 0 Å². The second-order valence-corrected chi connectivity index (χ2v) is 20.5. The lowest BCUT2D eigenvalue weighted by Gasteiger charge is -2.40. The molecule has 6 nitrogen and oxygen atoms in total. The lowest BCUT2D eigenvalue weighted by atomic mass is 9.84. The minimum Gasteiger partial charge on any atom is -0.381 e. The van der Waals surface area contributed by atoms with Crippen molar-refractivity contribution in [1.82, 2.24) is 0 Å². The van der Waals surface area contributed by atoms with E-state index in [9.17, 15) is 0 Å². The van der Waals surface area contributed by atoms with Gasteiger partial charge in [-0.2, -0.15) is 0 Å². The predicted octanol–water partition coefficient (Wildman–Crippen LogP) is 15.1. The van der Waals surface area contributed by atoms with E-state index < -0.39 is 0 Å². The molecule has 8 aromatic rings. The summed E-state index contributed by atoms with van der Waals surface area (Å²) in [5.41, 5.74) is 7.96. The third kappa shape index (κ3) is 10.2. The second-order valence-electron chi connectivity index (χ2n) is 19.4. The first-order chi connectivity index (χ1) is 33.0. The Labute approximate surface area is 400 Å². The number of ether oxygens (including phenoxy) is 6. The minimum absolute atomic E-state index is 0.264. The summed E-state index contributed by atoms with van der Waals surface area (Å²) in [4.78, 5) is 0. The first-order valence-corrected chi connectivity index (χ1v) is 25.7. The van der Waals surface area contributed by atoms with E-state index in [-0.39, 0.29) is 10.8 Å². The van der Waals surface area contributed by atoms with E-state index >= 15 is 0 Å². The topological polar surface area (TPSA) is 55.4 Å². The quantitative estimate of drug-likeness (QED) is 0.0445. The van der Waals surface area contributed by atoms with Gasteiger partial charge in [0.1, 0.15) is 0 Å². The van der Waals surface area contributed by atoms with Crippen molar-refractivity contribution >= 4 is 63.8 Å². The first kappa shape index (κ1) is 46.1. The van der Waals surface area contributed by atoms with Crippen molar-refractivity contribution in [3.8, 4) is 22.3 Å². The van der Waals surface area contributed by atoms with E-state index in [4.69, 9.17) is 28.4 Å². The van der Waals surface area contributed by atoms with Gasteiger partial charge < -0.3 is 28.4 Å². The number of hydrogen-bond donors (Lipinski definition) is 0. The molecule has 0 N–H and O–H groups in total. The maximum Gasteiger partial charge on any atom is 0.0717 e. The van der Waals surface area contributed by atoms with E-state index in [0.717, 1.165) is 117 Å². The van der Waals surface area contributed by atoms with Crippen LogP contribution in [-0.2, 0) is 41.6 Å². The molecule has 0 radical (unpaired) electrons. The summed E-state index contributed by atoms with van der Waals surface area (Å²) < 4.78 is 37.7. The van der Waals surface area contributed by atoms with E-state index in [1.165, 1.54) is 85.9 Å². The zero-order valence-corrected chi connectivity index (χ0v) is 40.4. The van der Waals surface area contributed by atoms with Crippen LogP contribution in [0.4, 0.5) is 0 Å². The molecule has 0 unspecified atom stereocenters. The van der Waals surface area contributed by atoms with Gasteiger partial charge in [0.2, 0.25) is 0 Å². The summed E-state index contributed by atoms with van der Waals surface area (Å²) in [6, 6.07) is 45.6. The van der Waals surface area contributed by atoms with Crippen molar-refractivity contribution in [2.75, 3.05) is 66.1 Å².